The molecular weight excluding hydrogens is 290 g/mol. The number of aliphatic carboxylic acids is 1. The van der Waals surface area contributed by atoms with Crippen molar-refractivity contribution in [3.05, 3.63) is 35.9 Å². The average Bonchev–Trinajstić information content (AvgIpc) is 2.48. The molecule has 1 aromatic carbocycles. The van der Waals surface area contributed by atoms with Crippen LogP contribution in [-0.2, 0) is 21.2 Å². The predicted molar refractivity (Wildman–Crippen MR) is 80.5 cm³/mol. The summed E-state index contributed by atoms with van der Waals surface area (Å²) in [6.07, 6.45) is 2.50. The van der Waals surface area contributed by atoms with E-state index in [-0.39, 0.29) is 0 Å². The van der Waals surface area contributed by atoms with Crippen LogP contribution >= 0.6 is 0 Å². The maximum atomic E-state index is 12.1. The Morgan fingerprint density at radius 2 is 1.86 bits per heavy atom. The van der Waals surface area contributed by atoms with Crippen LogP contribution in [0.3, 0.4) is 0 Å². The van der Waals surface area contributed by atoms with Gasteiger partial charge in [0.1, 0.15) is 0 Å². The topological polar surface area (TPSA) is 74.7 Å². The number of carbonyl (C=O) groups is 1. The van der Waals surface area contributed by atoms with Gasteiger partial charge in [0.05, 0.1) is 0 Å². The van der Waals surface area contributed by atoms with E-state index in [2.05, 4.69) is 12.1 Å². The van der Waals surface area contributed by atoms with E-state index in [0.717, 1.165) is 19.3 Å². The van der Waals surface area contributed by atoms with Crippen molar-refractivity contribution in [3.8, 4) is 0 Å². The van der Waals surface area contributed by atoms with Gasteiger partial charge >= 0.3 is 5.97 Å². The number of nitrogens with zero attached hydrogens (tertiary/aromatic N) is 1. The molecule has 0 saturated carbocycles. The minimum Gasteiger partial charge on any atom is -0.480 e. The molecule has 0 amide bonds. The summed E-state index contributed by atoms with van der Waals surface area (Å²) in [6.45, 7) is 2.06. The van der Waals surface area contributed by atoms with Crippen molar-refractivity contribution < 1.29 is 18.3 Å². The fourth-order valence-electron chi connectivity index (χ4n) is 2.67. The number of sulfonamides is 1. The Morgan fingerprint density at radius 3 is 2.38 bits per heavy atom. The number of hydrogen-bond acceptors (Lipinski definition) is 3. The lowest BCUT2D eigenvalue weighted by atomic mass is 9.91. The molecule has 0 spiro atoms. The highest BCUT2D eigenvalue weighted by atomic mass is 32.2. The zero-order valence-corrected chi connectivity index (χ0v) is 12.9. The Kier molecular flexibility index (Phi) is 5.00. The van der Waals surface area contributed by atoms with Crippen LogP contribution in [-0.4, -0.2) is 42.1 Å². The van der Waals surface area contributed by atoms with Crippen molar-refractivity contribution in [1.29, 1.82) is 0 Å². The van der Waals surface area contributed by atoms with Crippen LogP contribution in [0, 0.1) is 5.92 Å². The molecule has 1 unspecified atom stereocenters. The third-order valence-electron chi connectivity index (χ3n) is 4.10. The highest BCUT2D eigenvalue weighted by molar-refractivity contribution is 7.90. The van der Waals surface area contributed by atoms with Crippen LogP contribution in [0.2, 0.25) is 0 Å². The van der Waals surface area contributed by atoms with Gasteiger partial charge in [-0.2, -0.15) is 0 Å². The summed E-state index contributed by atoms with van der Waals surface area (Å²) in [5.74, 6) is -0.833. The molecule has 1 atom stereocenters. The minimum atomic E-state index is -3.72. The zero-order chi connectivity index (χ0) is 15.5. The molecule has 0 aliphatic carbocycles. The molecule has 1 saturated heterocycles. The average molecular weight is 311 g/mol. The van der Waals surface area contributed by atoms with Gasteiger partial charge in [0.25, 0.3) is 0 Å². The number of hydrogen-bond donors (Lipinski definition) is 1. The second-order valence-electron chi connectivity index (χ2n) is 5.56. The van der Waals surface area contributed by atoms with Crippen LogP contribution in [0.4, 0.5) is 0 Å². The summed E-state index contributed by atoms with van der Waals surface area (Å²) in [5.41, 5.74) is 1.26. The van der Waals surface area contributed by atoms with Crippen molar-refractivity contribution in [3.63, 3.8) is 0 Å². The van der Waals surface area contributed by atoms with Gasteiger partial charge in [-0.25, -0.2) is 12.7 Å². The third-order valence-corrected chi connectivity index (χ3v) is 6.28. The van der Waals surface area contributed by atoms with Gasteiger partial charge in [0.15, 0.2) is 5.25 Å². The van der Waals surface area contributed by atoms with Crippen LogP contribution in [0.1, 0.15) is 25.3 Å². The summed E-state index contributed by atoms with van der Waals surface area (Å²) in [5, 5.41) is 7.52. The monoisotopic (exact) mass is 311 g/mol. The van der Waals surface area contributed by atoms with E-state index in [1.54, 1.807) is 0 Å². The molecule has 1 N–H and O–H groups in total. The molecule has 5 nitrogen and oxygen atoms in total. The number of rotatable bonds is 5. The molecule has 6 heteroatoms. The zero-order valence-electron chi connectivity index (χ0n) is 12.1. The molecule has 1 heterocycles. The second kappa shape index (κ2) is 6.58. The molecule has 1 aromatic rings. The molecular formula is C15H21NO4S. The molecule has 0 radical (unpaired) electrons. The summed E-state index contributed by atoms with van der Waals surface area (Å²) in [4.78, 5) is 10.9. The first-order valence-corrected chi connectivity index (χ1v) is 8.67. The van der Waals surface area contributed by atoms with E-state index in [1.165, 1.54) is 16.8 Å². The first-order chi connectivity index (χ1) is 9.91. The molecule has 0 bridgehead atoms. The smallest absolute Gasteiger partial charge is 0.323 e. The maximum Gasteiger partial charge on any atom is 0.323 e. The lowest BCUT2D eigenvalue weighted by molar-refractivity contribution is -0.136. The van der Waals surface area contributed by atoms with E-state index in [1.807, 2.05) is 18.2 Å². The van der Waals surface area contributed by atoms with Crippen molar-refractivity contribution in [2.45, 2.75) is 31.4 Å². The van der Waals surface area contributed by atoms with Gasteiger partial charge in [-0.15, -0.1) is 0 Å². The van der Waals surface area contributed by atoms with Gasteiger partial charge in [-0.1, -0.05) is 30.3 Å². The number of carboxylic acid groups (broad SMARTS) is 1. The molecule has 116 valence electrons. The van der Waals surface area contributed by atoms with E-state index in [9.17, 15) is 13.2 Å². The molecule has 1 fully saturated rings. The van der Waals surface area contributed by atoms with Crippen molar-refractivity contribution >= 4 is 16.0 Å². The second-order valence-corrected chi connectivity index (χ2v) is 7.81. The first kappa shape index (κ1) is 16.0. The SMILES string of the molecule is CC(C(=O)O)S(=O)(=O)N1CCC(Cc2ccccc2)CC1. The van der Waals surface area contributed by atoms with Crippen LogP contribution in [0.15, 0.2) is 30.3 Å². The standard InChI is InChI=1S/C15H21NO4S/c1-12(15(17)18)21(19,20)16-9-7-14(8-10-16)11-13-5-3-2-4-6-13/h2-6,12,14H,7-11H2,1H3,(H,17,18). The first-order valence-electron chi connectivity index (χ1n) is 7.17. The van der Waals surface area contributed by atoms with E-state index < -0.39 is 21.2 Å². The van der Waals surface area contributed by atoms with Gasteiger partial charge in [0, 0.05) is 13.1 Å². The number of piperidine rings is 1. The van der Waals surface area contributed by atoms with Crippen LogP contribution in [0.25, 0.3) is 0 Å². The molecule has 2 rings (SSSR count). The highest BCUT2D eigenvalue weighted by Gasteiger charge is 2.35. The lowest BCUT2D eigenvalue weighted by Crippen LogP contribution is -2.45. The Labute approximate surface area is 125 Å². The highest BCUT2D eigenvalue weighted by Crippen LogP contribution is 2.24. The third kappa shape index (κ3) is 3.83. The largest absolute Gasteiger partial charge is 0.480 e. The van der Waals surface area contributed by atoms with E-state index in [4.69, 9.17) is 5.11 Å². The van der Waals surface area contributed by atoms with Gasteiger partial charge in [0.2, 0.25) is 10.0 Å². The van der Waals surface area contributed by atoms with E-state index >= 15 is 0 Å². The molecule has 0 aromatic heterocycles. The summed E-state index contributed by atoms with van der Waals surface area (Å²) in [7, 11) is -3.72. The lowest BCUT2D eigenvalue weighted by Gasteiger charge is -2.32. The molecule has 1 aliphatic rings. The Hall–Kier alpha value is -1.40. The summed E-state index contributed by atoms with van der Waals surface area (Å²) < 4.78 is 25.6. The van der Waals surface area contributed by atoms with Crippen molar-refractivity contribution in [2.24, 2.45) is 5.92 Å². The van der Waals surface area contributed by atoms with E-state index in [0.29, 0.717) is 19.0 Å². The van der Waals surface area contributed by atoms with Gasteiger partial charge in [-0.05, 0) is 37.7 Å². The maximum absolute atomic E-state index is 12.1. The molecule has 21 heavy (non-hydrogen) atoms. The van der Waals surface area contributed by atoms with Gasteiger partial charge in [-0.3, -0.25) is 4.79 Å². The van der Waals surface area contributed by atoms with Crippen LogP contribution in [0.5, 0.6) is 0 Å². The predicted octanol–water partition coefficient (Wildman–Crippen LogP) is 1.74. The number of benzene rings is 1. The fraction of sp³-hybridized carbons (Fsp3) is 0.533. The minimum absolute atomic E-state index is 0.414. The fourth-order valence-corrected chi connectivity index (χ4v) is 4.09. The Balaban J connectivity index is 1.93. The Bertz CT molecular complexity index is 577. The normalized spacial score (nSPS) is 19.3. The van der Waals surface area contributed by atoms with Crippen molar-refractivity contribution in [1.82, 2.24) is 4.31 Å². The summed E-state index contributed by atoms with van der Waals surface area (Å²) >= 11 is 0. The quantitative estimate of drug-likeness (QED) is 0.899. The molecule has 1 aliphatic heterocycles. The van der Waals surface area contributed by atoms with Crippen molar-refractivity contribution in [2.75, 3.05) is 13.1 Å². The Morgan fingerprint density at radius 1 is 1.29 bits per heavy atom. The number of carboxylic acids is 1. The van der Waals surface area contributed by atoms with Gasteiger partial charge < -0.3 is 5.11 Å². The van der Waals surface area contributed by atoms with Crippen LogP contribution < -0.4 is 0 Å². The summed E-state index contributed by atoms with van der Waals surface area (Å²) in [6, 6.07) is 10.1.